The second-order valence-corrected chi connectivity index (χ2v) is 2.38. The maximum atomic E-state index is 10.3. The Kier molecular flexibility index (Phi) is 2.76. The molecule has 1 rings (SSSR count). The van der Waals surface area contributed by atoms with E-state index in [4.69, 9.17) is 11.6 Å². The molecule has 0 aliphatic heterocycles. The summed E-state index contributed by atoms with van der Waals surface area (Å²) in [4.78, 5) is 23.2. The molecule has 0 bridgehead atoms. The largest absolute Gasteiger partial charge is 0.313 e. The molecule has 0 fully saturated rings. The molecule has 1 aromatic rings. The Morgan fingerprint density at radius 3 is 2.77 bits per heavy atom. The Morgan fingerprint density at radius 1 is 1.62 bits per heavy atom. The number of nitrogens with zero attached hydrogens (tertiary/aromatic N) is 2. The van der Waals surface area contributed by atoms with Crippen LogP contribution in [-0.4, -0.2) is 16.3 Å². The van der Waals surface area contributed by atoms with E-state index < -0.39 is 4.92 Å². The summed E-state index contributed by atoms with van der Waals surface area (Å²) in [7, 11) is 0. The summed E-state index contributed by atoms with van der Waals surface area (Å²) in [6, 6.07) is 2.46. The molecule has 0 unspecified atom stereocenters. The van der Waals surface area contributed by atoms with E-state index in [2.05, 4.69) is 10.3 Å². The maximum Gasteiger partial charge on any atom is 0.306 e. The quantitative estimate of drug-likeness (QED) is 0.345. The van der Waals surface area contributed by atoms with E-state index in [1.54, 1.807) is 0 Å². The number of aromatic nitrogens is 1. The number of hydrogen-bond acceptors (Lipinski definition) is 4. The summed E-state index contributed by atoms with van der Waals surface area (Å²) in [6.45, 7) is 0. The van der Waals surface area contributed by atoms with Crippen LogP contribution in [0.1, 0.15) is 0 Å². The Bertz CT molecular complexity index is 355. The molecular formula is C6H4ClN3O3. The zero-order valence-electron chi connectivity index (χ0n) is 6.23. The highest BCUT2D eigenvalue weighted by molar-refractivity contribution is 6.31. The van der Waals surface area contributed by atoms with E-state index in [1.807, 2.05) is 0 Å². The SMILES string of the molecule is O=CNc1ccc([N+](=O)[O-])c(Cl)n1. The third-order valence-electron chi connectivity index (χ3n) is 1.23. The Morgan fingerprint density at radius 2 is 2.31 bits per heavy atom. The number of nitro groups is 1. The lowest BCUT2D eigenvalue weighted by atomic mass is 10.4. The summed E-state index contributed by atoms with van der Waals surface area (Å²) >= 11 is 5.45. The average Bonchev–Trinajstić information content (AvgIpc) is 2.04. The highest BCUT2D eigenvalue weighted by Gasteiger charge is 2.13. The molecule has 6 nitrogen and oxygen atoms in total. The highest BCUT2D eigenvalue weighted by atomic mass is 35.5. The van der Waals surface area contributed by atoms with Gasteiger partial charge in [-0.3, -0.25) is 14.9 Å². The highest BCUT2D eigenvalue weighted by Crippen LogP contribution is 2.22. The van der Waals surface area contributed by atoms with Crippen molar-refractivity contribution in [1.29, 1.82) is 0 Å². The molecule has 0 saturated carbocycles. The third-order valence-corrected chi connectivity index (χ3v) is 1.51. The van der Waals surface area contributed by atoms with Crippen molar-refractivity contribution in [2.45, 2.75) is 0 Å². The van der Waals surface area contributed by atoms with Gasteiger partial charge in [-0.15, -0.1) is 0 Å². The lowest BCUT2D eigenvalue weighted by Gasteiger charge is -1.97. The number of carbonyl (C=O) groups excluding carboxylic acids is 1. The van der Waals surface area contributed by atoms with Crippen LogP contribution in [0.2, 0.25) is 5.15 Å². The van der Waals surface area contributed by atoms with Crippen LogP contribution in [0.4, 0.5) is 11.5 Å². The summed E-state index contributed by atoms with van der Waals surface area (Å²) in [5.41, 5.74) is -0.293. The lowest BCUT2D eigenvalue weighted by Crippen LogP contribution is -1.98. The van der Waals surface area contributed by atoms with Gasteiger partial charge in [0.2, 0.25) is 11.6 Å². The smallest absolute Gasteiger partial charge is 0.306 e. The first-order valence-electron chi connectivity index (χ1n) is 3.16. The fourth-order valence-electron chi connectivity index (χ4n) is 0.704. The first-order valence-corrected chi connectivity index (χ1v) is 3.54. The van der Waals surface area contributed by atoms with Crippen molar-refractivity contribution >= 4 is 29.5 Å². The Hall–Kier alpha value is -1.69. The van der Waals surface area contributed by atoms with Gasteiger partial charge in [0.05, 0.1) is 4.92 Å². The molecule has 1 heterocycles. The van der Waals surface area contributed by atoms with Gasteiger partial charge in [0.25, 0.3) is 0 Å². The minimum atomic E-state index is -0.653. The lowest BCUT2D eigenvalue weighted by molar-refractivity contribution is -0.385. The zero-order chi connectivity index (χ0) is 9.84. The van der Waals surface area contributed by atoms with E-state index in [9.17, 15) is 14.9 Å². The van der Waals surface area contributed by atoms with Gasteiger partial charge in [-0.1, -0.05) is 11.6 Å². The van der Waals surface area contributed by atoms with Crippen molar-refractivity contribution in [3.63, 3.8) is 0 Å². The Balaban J connectivity index is 3.05. The van der Waals surface area contributed by atoms with Crippen LogP contribution in [0.15, 0.2) is 12.1 Å². The van der Waals surface area contributed by atoms with Crippen LogP contribution >= 0.6 is 11.6 Å². The molecule has 68 valence electrons. The fourth-order valence-corrected chi connectivity index (χ4v) is 0.927. The van der Waals surface area contributed by atoms with Crippen molar-refractivity contribution in [2.75, 3.05) is 5.32 Å². The van der Waals surface area contributed by atoms with Gasteiger partial charge < -0.3 is 5.32 Å². The summed E-state index contributed by atoms with van der Waals surface area (Å²) < 4.78 is 0. The predicted octanol–water partition coefficient (Wildman–Crippen LogP) is 1.21. The van der Waals surface area contributed by atoms with E-state index in [-0.39, 0.29) is 16.7 Å². The van der Waals surface area contributed by atoms with Crippen molar-refractivity contribution in [1.82, 2.24) is 4.98 Å². The number of carbonyl (C=O) groups is 1. The van der Waals surface area contributed by atoms with Crippen LogP contribution < -0.4 is 5.32 Å². The van der Waals surface area contributed by atoms with Gasteiger partial charge in [0.15, 0.2) is 0 Å². The Labute approximate surface area is 77.7 Å². The monoisotopic (exact) mass is 201 g/mol. The van der Waals surface area contributed by atoms with E-state index in [0.29, 0.717) is 6.41 Å². The molecule has 0 aromatic carbocycles. The third kappa shape index (κ3) is 2.12. The molecule has 13 heavy (non-hydrogen) atoms. The average molecular weight is 202 g/mol. The van der Waals surface area contributed by atoms with Gasteiger partial charge in [-0.05, 0) is 6.07 Å². The summed E-state index contributed by atoms with van der Waals surface area (Å²) in [5.74, 6) is 0.172. The number of rotatable bonds is 3. The van der Waals surface area contributed by atoms with Crippen molar-refractivity contribution < 1.29 is 9.72 Å². The standard InChI is InChI=1S/C6H4ClN3O3/c7-6-4(10(12)13)1-2-5(9-6)8-3-11/h1-3H,(H,8,9,11). The second kappa shape index (κ2) is 3.81. The molecule has 0 saturated heterocycles. The minimum Gasteiger partial charge on any atom is -0.313 e. The summed E-state index contributed by atoms with van der Waals surface area (Å²) in [5, 5.41) is 12.2. The molecule has 1 aromatic heterocycles. The first-order chi connectivity index (χ1) is 6.15. The predicted molar refractivity (Wildman–Crippen MR) is 45.6 cm³/mol. The molecule has 1 amide bonds. The fraction of sp³-hybridized carbons (Fsp3) is 0. The zero-order valence-corrected chi connectivity index (χ0v) is 6.99. The van der Waals surface area contributed by atoms with Crippen LogP contribution in [0, 0.1) is 10.1 Å². The van der Waals surface area contributed by atoms with Crippen LogP contribution in [-0.2, 0) is 4.79 Å². The minimum absolute atomic E-state index is 0.172. The number of anilines is 1. The molecule has 7 heteroatoms. The van der Waals surface area contributed by atoms with Crippen molar-refractivity contribution in [2.24, 2.45) is 0 Å². The van der Waals surface area contributed by atoms with Gasteiger partial charge in [-0.2, -0.15) is 0 Å². The number of hydrogen-bond donors (Lipinski definition) is 1. The van der Waals surface area contributed by atoms with Crippen LogP contribution in [0.3, 0.4) is 0 Å². The van der Waals surface area contributed by atoms with Crippen LogP contribution in [0.25, 0.3) is 0 Å². The number of amides is 1. The second-order valence-electron chi connectivity index (χ2n) is 2.03. The van der Waals surface area contributed by atoms with Gasteiger partial charge in [0, 0.05) is 6.07 Å². The first kappa shape index (κ1) is 9.40. The number of pyridine rings is 1. The molecule has 0 aliphatic rings. The van der Waals surface area contributed by atoms with Gasteiger partial charge in [-0.25, -0.2) is 4.98 Å². The number of nitrogens with one attached hydrogen (secondary N) is 1. The molecule has 0 aliphatic carbocycles. The topological polar surface area (TPSA) is 85.1 Å². The van der Waals surface area contributed by atoms with Crippen molar-refractivity contribution in [3.05, 3.63) is 27.4 Å². The molecule has 1 N–H and O–H groups in total. The van der Waals surface area contributed by atoms with E-state index in [0.717, 1.165) is 0 Å². The van der Waals surface area contributed by atoms with Gasteiger partial charge >= 0.3 is 5.69 Å². The number of halogens is 1. The molecule has 0 spiro atoms. The molecule has 0 atom stereocenters. The van der Waals surface area contributed by atoms with Crippen LogP contribution in [0.5, 0.6) is 0 Å². The van der Waals surface area contributed by atoms with Gasteiger partial charge in [0.1, 0.15) is 5.82 Å². The van der Waals surface area contributed by atoms with E-state index >= 15 is 0 Å². The van der Waals surface area contributed by atoms with Crippen molar-refractivity contribution in [3.8, 4) is 0 Å². The maximum absolute atomic E-state index is 10.3. The summed E-state index contributed by atoms with van der Waals surface area (Å²) in [6.07, 6.45) is 0.407. The normalized spacial score (nSPS) is 9.31. The van der Waals surface area contributed by atoms with E-state index in [1.165, 1.54) is 12.1 Å². The molecular weight excluding hydrogens is 198 g/mol. The molecule has 0 radical (unpaired) electrons.